The van der Waals surface area contributed by atoms with Crippen molar-refractivity contribution < 1.29 is 0 Å². The van der Waals surface area contributed by atoms with Gasteiger partial charge in [-0.25, -0.2) is 0 Å². The van der Waals surface area contributed by atoms with Gasteiger partial charge < -0.3 is 4.57 Å². The van der Waals surface area contributed by atoms with Gasteiger partial charge in [-0.3, -0.25) is 4.98 Å². The Balaban J connectivity index is 2.59. The Morgan fingerprint density at radius 3 is 2.56 bits per heavy atom. The average molecular weight is 210 g/mol. The summed E-state index contributed by atoms with van der Waals surface area (Å²) in [6, 6.07) is 11.1. The van der Waals surface area contributed by atoms with Crippen LogP contribution in [0.3, 0.4) is 0 Å². The summed E-state index contributed by atoms with van der Waals surface area (Å²) in [6.07, 6.45) is 3.81. The monoisotopic (exact) mass is 210 g/mol. The first-order valence-corrected chi connectivity index (χ1v) is 5.61. The maximum atomic E-state index is 4.23. The van der Waals surface area contributed by atoms with Crippen LogP contribution in [0.5, 0.6) is 0 Å². The zero-order chi connectivity index (χ0) is 11.1. The van der Waals surface area contributed by atoms with Crippen molar-refractivity contribution in [3.8, 4) is 0 Å². The zero-order valence-electron chi connectivity index (χ0n) is 9.51. The quantitative estimate of drug-likeness (QED) is 0.597. The van der Waals surface area contributed by atoms with Crippen LogP contribution in [0.4, 0.5) is 0 Å². The lowest BCUT2D eigenvalue weighted by Crippen LogP contribution is -1.99. The fourth-order valence-electron chi connectivity index (χ4n) is 2.40. The van der Waals surface area contributed by atoms with Gasteiger partial charge in [0.15, 0.2) is 0 Å². The van der Waals surface area contributed by atoms with Crippen LogP contribution >= 0.6 is 0 Å². The molecule has 16 heavy (non-hydrogen) atoms. The fraction of sp³-hybridized carbons (Fsp3) is 0.214. The summed E-state index contributed by atoms with van der Waals surface area (Å²) in [6.45, 7) is 4.41. The molecule has 0 N–H and O–H groups in total. The molecule has 0 radical (unpaired) electrons. The van der Waals surface area contributed by atoms with Gasteiger partial charge in [0.25, 0.3) is 0 Å². The van der Waals surface area contributed by atoms with Crippen LogP contribution in [-0.2, 0) is 0 Å². The van der Waals surface area contributed by atoms with E-state index in [0.29, 0.717) is 6.04 Å². The average Bonchev–Trinajstić information content (AvgIpc) is 2.63. The molecule has 0 spiro atoms. The van der Waals surface area contributed by atoms with Gasteiger partial charge in [-0.1, -0.05) is 18.2 Å². The molecule has 2 aromatic heterocycles. The highest BCUT2D eigenvalue weighted by Gasteiger charge is 2.11. The van der Waals surface area contributed by atoms with Crippen LogP contribution in [0.1, 0.15) is 19.9 Å². The number of benzene rings is 1. The van der Waals surface area contributed by atoms with Gasteiger partial charge in [0.05, 0.1) is 11.7 Å². The van der Waals surface area contributed by atoms with Crippen molar-refractivity contribution in [3.05, 3.63) is 42.7 Å². The van der Waals surface area contributed by atoms with Crippen LogP contribution in [0.25, 0.3) is 21.8 Å². The number of para-hydroxylation sites is 1. The smallest absolute Gasteiger partial charge is 0.0680 e. The molecule has 80 valence electrons. The minimum absolute atomic E-state index is 0.451. The first-order chi connectivity index (χ1) is 7.79. The molecule has 2 heteroatoms. The largest absolute Gasteiger partial charge is 0.337 e. The number of nitrogens with zero attached hydrogens (tertiary/aromatic N) is 2. The van der Waals surface area contributed by atoms with Gasteiger partial charge >= 0.3 is 0 Å². The topological polar surface area (TPSA) is 17.8 Å². The normalized spacial score (nSPS) is 11.7. The standard InChI is InChI=1S/C14H14N2/c1-10(2)16-13-6-4-3-5-11(13)12-7-8-15-9-14(12)16/h3-10H,1-2H3. The Kier molecular flexibility index (Phi) is 1.96. The van der Waals surface area contributed by atoms with E-state index in [4.69, 9.17) is 0 Å². The molecule has 0 aliphatic carbocycles. The summed E-state index contributed by atoms with van der Waals surface area (Å²) in [4.78, 5) is 4.23. The summed E-state index contributed by atoms with van der Waals surface area (Å²) in [7, 11) is 0. The first-order valence-electron chi connectivity index (χ1n) is 5.61. The van der Waals surface area contributed by atoms with E-state index in [0.717, 1.165) is 0 Å². The van der Waals surface area contributed by atoms with Crippen LogP contribution in [-0.4, -0.2) is 9.55 Å². The van der Waals surface area contributed by atoms with Crippen molar-refractivity contribution in [1.29, 1.82) is 0 Å². The van der Waals surface area contributed by atoms with Crippen molar-refractivity contribution in [3.63, 3.8) is 0 Å². The van der Waals surface area contributed by atoms with E-state index in [-0.39, 0.29) is 0 Å². The molecule has 0 bridgehead atoms. The maximum Gasteiger partial charge on any atom is 0.0680 e. The van der Waals surface area contributed by atoms with E-state index < -0.39 is 0 Å². The summed E-state index contributed by atoms with van der Waals surface area (Å²) >= 11 is 0. The molecule has 0 aliphatic heterocycles. The number of fused-ring (bicyclic) bond motifs is 3. The van der Waals surface area contributed by atoms with Crippen molar-refractivity contribution in [1.82, 2.24) is 9.55 Å². The predicted molar refractivity (Wildman–Crippen MR) is 67.6 cm³/mol. The Bertz CT molecular complexity index is 597. The molecule has 0 saturated carbocycles. The molecule has 0 fully saturated rings. The van der Waals surface area contributed by atoms with Crippen LogP contribution in [0, 0.1) is 0 Å². The van der Waals surface area contributed by atoms with E-state index in [9.17, 15) is 0 Å². The third-order valence-electron chi connectivity index (χ3n) is 3.03. The molecule has 2 nitrogen and oxygen atoms in total. The number of rotatable bonds is 1. The highest BCUT2D eigenvalue weighted by atomic mass is 15.0. The predicted octanol–water partition coefficient (Wildman–Crippen LogP) is 3.77. The van der Waals surface area contributed by atoms with Crippen molar-refractivity contribution in [2.75, 3.05) is 0 Å². The van der Waals surface area contributed by atoms with Gasteiger partial charge in [0.2, 0.25) is 0 Å². The van der Waals surface area contributed by atoms with Crippen molar-refractivity contribution >= 4 is 21.8 Å². The zero-order valence-corrected chi connectivity index (χ0v) is 9.51. The second kappa shape index (κ2) is 3.34. The molecular formula is C14H14N2. The van der Waals surface area contributed by atoms with E-state index in [2.05, 4.69) is 53.7 Å². The Morgan fingerprint density at radius 2 is 1.75 bits per heavy atom. The maximum absolute atomic E-state index is 4.23. The molecule has 2 heterocycles. The highest BCUT2D eigenvalue weighted by molar-refractivity contribution is 6.07. The Morgan fingerprint density at radius 1 is 1.00 bits per heavy atom. The number of hydrogen-bond donors (Lipinski definition) is 0. The van der Waals surface area contributed by atoms with E-state index in [1.165, 1.54) is 21.8 Å². The minimum Gasteiger partial charge on any atom is -0.337 e. The SMILES string of the molecule is CC(C)n1c2ccccc2c2ccncc21. The number of hydrogen-bond acceptors (Lipinski definition) is 1. The van der Waals surface area contributed by atoms with E-state index >= 15 is 0 Å². The van der Waals surface area contributed by atoms with E-state index in [1.54, 1.807) is 0 Å². The van der Waals surface area contributed by atoms with Gasteiger partial charge in [0, 0.05) is 28.5 Å². The molecule has 0 amide bonds. The molecular weight excluding hydrogens is 196 g/mol. The molecule has 0 unspecified atom stereocenters. The molecule has 3 aromatic rings. The fourth-order valence-corrected chi connectivity index (χ4v) is 2.40. The number of aromatic nitrogens is 2. The van der Waals surface area contributed by atoms with Crippen molar-refractivity contribution in [2.45, 2.75) is 19.9 Å². The van der Waals surface area contributed by atoms with Crippen molar-refractivity contribution in [2.24, 2.45) is 0 Å². The summed E-state index contributed by atoms with van der Waals surface area (Å²) in [5.41, 5.74) is 2.51. The molecule has 0 saturated heterocycles. The molecule has 3 rings (SSSR count). The van der Waals surface area contributed by atoms with Gasteiger partial charge in [0.1, 0.15) is 0 Å². The highest BCUT2D eigenvalue weighted by Crippen LogP contribution is 2.30. The van der Waals surface area contributed by atoms with Crippen LogP contribution in [0.15, 0.2) is 42.7 Å². The first kappa shape index (κ1) is 9.40. The lowest BCUT2D eigenvalue weighted by atomic mass is 10.2. The summed E-state index contributed by atoms with van der Waals surface area (Å²) < 4.78 is 2.34. The summed E-state index contributed by atoms with van der Waals surface area (Å²) in [5, 5.41) is 2.60. The lowest BCUT2D eigenvalue weighted by molar-refractivity contribution is 0.641. The second-order valence-corrected chi connectivity index (χ2v) is 4.37. The van der Waals surface area contributed by atoms with Gasteiger partial charge in [-0.05, 0) is 26.0 Å². The minimum atomic E-state index is 0.451. The van der Waals surface area contributed by atoms with Crippen LogP contribution in [0.2, 0.25) is 0 Å². The third-order valence-corrected chi connectivity index (χ3v) is 3.03. The summed E-state index contributed by atoms with van der Waals surface area (Å²) in [5.74, 6) is 0. The third kappa shape index (κ3) is 1.16. The molecule has 0 aliphatic rings. The van der Waals surface area contributed by atoms with Gasteiger partial charge in [-0.2, -0.15) is 0 Å². The van der Waals surface area contributed by atoms with E-state index in [1.807, 2.05) is 12.4 Å². The van der Waals surface area contributed by atoms with Crippen LogP contribution < -0.4 is 0 Å². The molecule has 0 atom stereocenters. The molecule has 1 aromatic carbocycles. The van der Waals surface area contributed by atoms with Gasteiger partial charge in [-0.15, -0.1) is 0 Å². The Labute approximate surface area is 94.5 Å². The second-order valence-electron chi connectivity index (χ2n) is 4.37. The Hall–Kier alpha value is -1.83. The lowest BCUT2D eigenvalue weighted by Gasteiger charge is -2.10. The number of pyridine rings is 1.